The fourth-order valence-corrected chi connectivity index (χ4v) is 2.82. The van der Waals surface area contributed by atoms with Crippen molar-refractivity contribution in [2.24, 2.45) is 0 Å². The Morgan fingerprint density at radius 3 is 2.78 bits per heavy atom. The Morgan fingerprint density at radius 2 is 2.13 bits per heavy atom. The number of aromatic carboxylic acids is 1. The van der Waals surface area contributed by atoms with Crippen LogP contribution in [-0.2, 0) is 6.54 Å². The fraction of sp³-hybridized carbons (Fsp3) is 0.389. The third-order valence-electron chi connectivity index (χ3n) is 4.02. The highest BCUT2D eigenvalue weighted by Crippen LogP contribution is 2.36. The second-order valence-corrected chi connectivity index (χ2v) is 6.26. The van der Waals surface area contributed by atoms with Crippen LogP contribution in [0, 0.1) is 0 Å². The number of benzene rings is 1. The molecule has 122 valence electrons. The van der Waals surface area contributed by atoms with Crippen LogP contribution in [0.1, 0.15) is 48.6 Å². The van der Waals surface area contributed by atoms with Crippen LogP contribution in [0.25, 0.3) is 0 Å². The SMILES string of the molecule is CC1CN(Cc2ccc(C(=O)O)o2)c2cc(C(C)C)ccc2O1. The number of carboxylic acids is 1. The smallest absolute Gasteiger partial charge is 0.371 e. The van der Waals surface area contributed by atoms with Gasteiger partial charge in [0.1, 0.15) is 17.6 Å². The Labute approximate surface area is 135 Å². The van der Waals surface area contributed by atoms with Crippen LogP contribution in [0.5, 0.6) is 5.75 Å². The quantitative estimate of drug-likeness (QED) is 0.927. The van der Waals surface area contributed by atoms with E-state index in [1.54, 1.807) is 6.07 Å². The first kappa shape index (κ1) is 15.5. The lowest BCUT2D eigenvalue weighted by atomic mass is 10.0. The first-order valence-corrected chi connectivity index (χ1v) is 7.81. The maximum Gasteiger partial charge on any atom is 0.371 e. The molecule has 23 heavy (non-hydrogen) atoms. The van der Waals surface area contributed by atoms with Crippen molar-refractivity contribution in [2.45, 2.75) is 39.3 Å². The molecule has 0 saturated heterocycles. The molecule has 1 aliphatic heterocycles. The Kier molecular flexibility index (Phi) is 4.03. The van der Waals surface area contributed by atoms with E-state index in [1.165, 1.54) is 11.6 Å². The summed E-state index contributed by atoms with van der Waals surface area (Å²) in [6.07, 6.45) is 0.0707. The molecule has 1 N–H and O–H groups in total. The Bertz CT molecular complexity index is 720. The average molecular weight is 315 g/mol. The molecule has 2 aromatic rings. The molecule has 0 amide bonds. The minimum atomic E-state index is -1.05. The highest BCUT2D eigenvalue weighted by Gasteiger charge is 2.25. The average Bonchev–Trinajstić information content (AvgIpc) is 2.95. The van der Waals surface area contributed by atoms with E-state index in [0.29, 0.717) is 18.2 Å². The van der Waals surface area contributed by atoms with Crippen LogP contribution >= 0.6 is 0 Å². The summed E-state index contributed by atoms with van der Waals surface area (Å²) in [5.41, 5.74) is 2.28. The maximum absolute atomic E-state index is 10.9. The molecule has 1 aromatic heterocycles. The number of carboxylic acid groups (broad SMARTS) is 1. The van der Waals surface area contributed by atoms with E-state index < -0.39 is 5.97 Å². The van der Waals surface area contributed by atoms with Crippen molar-refractivity contribution >= 4 is 11.7 Å². The monoisotopic (exact) mass is 315 g/mol. The van der Waals surface area contributed by atoms with E-state index in [2.05, 4.69) is 30.9 Å². The number of fused-ring (bicyclic) bond motifs is 1. The first-order valence-electron chi connectivity index (χ1n) is 7.81. The first-order chi connectivity index (χ1) is 10.9. The number of furan rings is 1. The third-order valence-corrected chi connectivity index (χ3v) is 4.02. The van der Waals surface area contributed by atoms with E-state index in [-0.39, 0.29) is 11.9 Å². The van der Waals surface area contributed by atoms with Gasteiger partial charge in [0.05, 0.1) is 18.8 Å². The molecule has 0 saturated carbocycles. The molecule has 0 bridgehead atoms. The maximum atomic E-state index is 10.9. The fourth-order valence-electron chi connectivity index (χ4n) is 2.82. The van der Waals surface area contributed by atoms with Crippen molar-refractivity contribution in [3.63, 3.8) is 0 Å². The van der Waals surface area contributed by atoms with Gasteiger partial charge in [0.25, 0.3) is 0 Å². The van der Waals surface area contributed by atoms with Gasteiger partial charge in [-0.2, -0.15) is 0 Å². The van der Waals surface area contributed by atoms with Crippen molar-refractivity contribution in [3.8, 4) is 5.75 Å². The van der Waals surface area contributed by atoms with E-state index in [0.717, 1.165) is 18.0 Å². The number of rotatable bonds is 4. The Morgan fingerprint density at radius 1 is 1.35 bits per heavy atom. The molecule has 1 aliphatic rings. The van der Waals surface area contributed by atoms with Gasteiger partial charge in [-0.1, -0.05) is 19.9 Å². The van der Waals surface area contributed by atoms with E-state index in [9.17, 15) is 4.79 Å². The van der Waals surface area contributed by atoms with Crippen LogP contribution in [0.3, 0.4) is 0 Å². The minimum absolute atomic E-state index is 0.0301. The summed E-state index contributed by atoms with van der Waals surface area (Å²) in [5, 5.41) is 8.97. The van der Waals surface area contributed by atoms with Crippen LogP contribution in [-0.4, -0.2) is 23.7 Å². The van der Waals surface area contributed by atoms with Crippen molar-refractivity contribution in [3.05, 3.63) is 47.4 Å². The molecule has 0 radical (unpaired) electrons. The lowest BCUT2D eigenvalue weighted by Gasteiger charge is -2.35. The summed E-state index contributed by atoms with van der Waals surface area (Å²) in [5.74, 6) is 0.853. The van der Waals surface area contributed by atoms with Gasteiger partial charge in [0, 0.05) is 0 Å². The molecule has 0 aliphatic carbocycles. The van der Waals surface area contributed by atoms with Gasteiger partial charge >= 0.3 is 5.97 Å². The number of nitrogens with zero attached hydrogens (tertiary/aromatic N) is 1. The van der Waals surface area contributed by atoms with Gasteiger partial charge in [0.2, 0.25) is 5.76 Å². The molecule has 0 spiro atoms. The number of ether oxygens (including phenoxy) is 1. The van der Waals surface area contributed by atoms with Gasteiger partial charge in [0.15, 0.2) is 0 Å². The van der Waals surface area contributed by atoms with Crippen molar-refractivity contribution < 1.29 is 19.1 Å². The third kappa shape index (κ3) is 3.18. The van der Waals surface area contributed by atoms with Gasteiger partial charge in [-0.25, -0.2) is 4.79 Å². The van der Waals surface area contributed by atoms with E-state index >= 15 is 0 Å². The highest BCUT2D eigenvalue weighted by molar-refractivity contribution is 5.84. The van der Waals surface area contributed by atoms with Gasteiger partial charge in [-0.3, -0.25) is 0 Å². The Balaban J connectivity index is 1.90. The lowest BCUT2D eigenvalue weighted by Crippen LogP contribution is -2.38. The molecule has 1 aromatic carbocycles. The Hall–Kier alpha value is -2.43. The number of hydrogen-bond acceptors (Lipinski definition) is 4. The molecular weight excluding hydrogens is 294 g/mol. The molecule has 0 fully saturated rings. The zero-order valence-electron chi connectivity index (χ0n) is 13.6. The molecule has 5 heteroatoms. The number of anilines is 1. The topological polar surface area (TPSA) is 62.9 Å². The summed E-state index contributed by atoms with van der Waals surface area (Å²) in [6, 6.07) is 9.46. The highest BCUT2D eigenvalue weighted by atomic mass is 16.5. The molecule has 5 nitrogen and oxygen atoms in total. The summed E-state index contributed by atoms with van der Waals surface area (Å²) in [4.78, 5) is 13.1. The second-order valence-electron chi connectivity index (χ2n) is 6.26. The zero-order valence-corrected chi connectivity index (χ0v) is 13.6. The van der Waals surface area contributed by atoms with Crippen LogP contribution in [0.4, 0.5) is 5.69 Å². The van der Waals surface area contributed by atoms with Gasteiger partial charge in [-0.15, -0.1) is 0 Å². The molecule has 2 heterocycles. The predicted octanol–water partition coefficient (Wildman–Crippen LogP) is 3.89. The van der Waals surface area contributed by atoms with E-state index in [1.807, 2.05) is 13.0 Å². The minimum Gasteiger partial charge on any atom is -0.487 e. The molecule has 3 rings (SSSR count). The van der Waals surface area contributed by atoms with Crippen molar-refractivity contribution in [2.75, 3.05) is 11.4 Å². The van der Waals surface area contributed by atoms with Gasteiger partial charge in [-0.05, 0) is 42.7 Å². The van der Waals surface area contributed by atoms with Crippen LogP contribution in [0.15, 0.2) is 34.7 Å². The summed E-state index contributed by atoms with van der Waals surface area (Å²) < 4.78 is 11.3. The number of carbonyl (C=O) groups is 1. The van der Waals surface area contributed by atoms with Crippen molar-refractivity contribution in [1.82, 2.24) is 0 Å². The summed E-state index contributed by atoms with van der Waals surface area (Å²) in [7, 11) is 0. The summed E-state index contributed by atoms with van der Waals surface area (Å²) in [6.45, 7) is 7.60. The van der Waals surface area contributed by atoms with Crippen LogP contribution in [0.2, 0.25) is 0 Å². The van der Waals surface area contributed by atoms with Gasteiger partial charge < -0.3 is 19.2 Å². The van der Waals surface area contributed by atoms with E-state index in [4.69, 9.17) is 14.3 Å². The van der Waals surface area contributed by atoms with Crippen LogP contribution < -0.4 is 9.64 Å². The van der Waals surface area contributed by atoms with Crippen molar-refractivity contribution in [1.29, 1.82) is 0 Å². The standard InChI is InChI=1S/C18H21NO4/c1-11(2)13-4-6-16-15(8-13)19(9-12(3)22-16)10-14-5-7-17(23-14)18(20)21/h4-8,11-12H,9-10H2,1-3H3,(H,20,21). The summed E-state index contributed by atoms with van der Waals surface area (Å²) >= 11 is 0. The predicted molar refractivity (Wildman–Crippen MR) is 87.3 cm³/mol. The normalized spacial score (nSPS) is 17.0. The number of hydrogen-bond donors (Lipinski definition) is 1. The zero-order chi connectivity index (χ0) is 16.6. The molecular formula is C18H21NO4. The lowest BCUT2D eigenvalue weighted by molar-refractivity contribution is 0.0660. The largest absolute Gasteiger partial charge is 0.487 e. The molecule has 1 atom stereocenters. The molecule has 1 unspecified atom stereocenters. The second kappa shape index (κ2) is 5.99.